The summed E-state index contributed by atoms with van der Waals surface area (Å²) in [6, 6.07) is 0.216. The third-order valence-electron chi connectivity index (χ3n) is 4.71. The Morgan fingerprint density at radius 1 is 1.09 bits per heavy atom. The Bertz CT molecular complexity index is 368. The van der Waals surface area contributed by atoms with Crippen molar-refractivity contribution in [3.8, 4) is 0 Å². The number of alkyl halides is 1. The molecule has 0 aromatic heterocycles. The number of halogens is 2. The van der Waals surface area contributed by atoms with Crippen LogP contribution in [0, 0.1) is 5.41 Å². The lowest BCUT2D eigenvalue weighted by atomic mass is 9.85. The Labute approximate surface area is 152 Å². The summed E-state index contributed by atoms with van der Waals surface area (Å²) in [7, 11) is 0. The lowest BCUT2D eigenvalue weighted by Gasteiger charge is -2.38. The number of esters is 2. The molecule has 1 aliphatic rings. The van der Waals surface area contributed by atoms with Gasteiger partial charge in [0.2, 0.25) is 5.41 Å². The number of nitrogens with zero attached hydrogens (tertiary/aromatic N) is 1. The van der Waals surface area contributed by atoms with E-state index in [0.29, 0.717) is 13.0 Å². The maximum Gasteiger partial charge on any atom is 0.329 e. The van der Waals surface area contributed by atoms with Gasteiger partial charge in [-0.15, -0.1) is 0 Å². The summed E-state index contributed by atoms with van der Waals surface area (Å²) < 4.78 is 11.2. The van der Waals surface area contributed by atoms with Crippen LogP contribution in [0.15, 0.2) is 0 Å². The highest BCUT2D eigenvalue weighted by atomic mass is 79.9. The minimum Gasteiger partial charge on any atom is -1.00 e. The molecule has 1 heterocycles. The SMILES string of the molecule is CCOC(=O)C1(C(=O)OCC)CC(CBr)[N+](CC)(CC)C1.[Br-]. The molecule has 0 aromatic rings. The van der Waals surface area contributed by atoms with Crippen molar-refractivity contribution < 1.29 is 40.5 Å². The van der Waals surface area contributed by atoms with E-state index < -0.39 is 17.4 Å². The van der Waals surface area contributed by atoms with E-state index in [4.69, 9.17) is 9.47 Å². The zero-order valence-electron chi connectivity index (χ0n) is 13.9. The molecule has 0 aromatic carbocycles. The molecule has 0 bridgehead atoms. The smallest absolute Gasteiger partial charge is 0.329 e. The number of hydrogen-bond donors (Lipinski definition) is 0. The van der Waals surface area contributed by atoms with Gasteiger partial charge >= 0.3 is 11.9 Å². The summed E-state index contributed by atoms with van der Waals surface area (Å²) in [6.45, 7) is 10.5. The molecule has 1 rings (SSSR count). The molecule has 1 saturated heterocycles. The van der Waals surface area contributed by atoms with E-state index in [0.717, 1.165) is 22.9 Å². The predicted molar refractivity (Wildman–Crippen MR) is 84.1 cm³/mol. The Morgan fingerprint density at radius 3 is 1.82 bits per heavy atom. The highest BCUT2D eigenvalue weighted by Gasteiger charge is 2.63. The first-order valence-electron chi connectivity index (χ1n) is 7.72. The lowest BCUT2D eigenvalue weighted by Crippen LogP contribution is -3.00. The fraction of sp³-hybridized carbons (Fsp3) is 0.867. The number of likely N-dealkylation sites (tertiary alicyclic amines) is 1. The molecule has 1 aliphatic heterocycles. The third kappa shape index (κ3) is 3.85. The lowest BCUT2D eigenvalue weighted by molar-refractivity contribution is -0.935. The van der Waals surface area contributed by atoms with Crippen LogP contribution in [0.3, 0.4) is 0 Å². The minimum atomic E-state index is -1.16. The molecule has 0 radical (unpaired) electrons. The van der Waals surface area contributed by atoms with Crippen molar-refractivity contribution in [2.45, 2.75) is 40.2 Å². The van der Waals surface area contributed by atoms with Crippen molar-refractivity contribution >= 4 is 27.9 Å². The van der Waals surface area contributed by atoms with E-state index in [1.54, 1.807) is 13.8 Å². The molecule has 7 heteroatoms. The molecule has 0 N–H and O–H groups in total. The molecule has 0 amide bonds. The van der Waals surface area contributed by atoms with E-state index in [2.05, 4.69) is 29.8 Å². The van der Waals surface area contributed by atoms with E-state index in [1.807, 2.05) is 0 Å². The normalized spacial score (nSPS) is 21.8. The topological polar surface area (TPSA) is 52.6 Å². The van der Waals surface area contributed by atoms with E-state index in [1.165, 1.54) is 0 Å². The van der Waals surface area contributed by atoms with Crippen molar-refractivity contribution in [2.75, 3.05) is 38.2 Å². The van der Waals surface area contributed by atoms with Crippen molar-refractivity contribution in [2.24, 2.45) is 5.41 Å². The van der Waals surface area contributed by atoms with Gasteiger partial charge < -0.3 is 30.9 Å². The zero-order chi connectivity index (χ0) is 16.1. The van der Waals surface area contributed by atoms with Gasteiger partial charge in [0.05, 0.1) is 31.6 Å². The van der Waals surface area contributed by atoms with Crippen molar-refractivity contribution in [1.82, 2.24) is 0 Å². The summed E-state index contributed by atoms with van der Waals surface area (Å²) in [6.07, 6.45) is 0.484. The van der Waals surface area contributed by atoms with E-state index in [9.17, 15) is 9.59 Å². The van der Waals surface area contributed by atoms with Gasteiger partial charge in [0.1, 0.15) is 12.6 Å². The zero-order valence-corrected chi connectivity index (χ0v) is 17.0. The number of carbonyl (C=O) groups excluding carboxylic acids is 2. The Morgan fingerprint density at radius 2 is 1.55 bits per heavy atom. The summed E-state index contributed by atoms with van der Waals surface area (Å²) in [5.41, 5.74) is -1.16. The number of quaternary nitrogens is 1. The molecular weight excluding hydrogens is 418 g/mol. The average molecular weight is 445 g/mol. The second kappa shape index (κ2) is 9.23. The third-order valence-corrected chi connectivity index (χ3v) is 5.46. The fourth-order valence-corrected chi connectivity index (χ4v) is 4.25. The van der Waals surface area contributed by atoms with Gasteiger partial charge in [0.15, 0.2) is 0 Å². The second-order valence-corrected chi connectivity index (χ2v) is 6.19. The van der Waals surface area contributed by atoms with Crippen LogP contribution in [0.1, 0.15) is 34.1 Å². The van der Waals surface area contributed by atoms with Gasteiger partial charge in [0.25, 0.3) is 0 Å². The molecule has 0 saturated carbocycles. The first-order chi connectivity index (χ1) is 9.96. The van der Waals surface area contributed by atoms with Crippen LogP contribution >= 0.6 is 15.9 Å². The summed E-state index contributed by atoms with van der Waals surface area (Å²) in [4.78, 5) is 25.0. The van der Waals surface area contributed by atoms with Crippen LogP contribution in [-0.4, -0.2) is 60.6 Å². The van der Waals surface area contributed by atoms with Gasteiger partial charge in [0, 0.05) is 6.42 Å². The molecule has 22 heavy (non-hydrogen) atoms. The maximum atomic E-state index is 12.5. The average Bonchev–Trinajstić information content (AvgIpc) is 2.84. The predicted octanol–water partition coefficient (Wildman–Crippen LogP) is -0.873. The molecule has 1 atom stereocenters. The Hall–Kier alpha value is -0.140. The monoisotopic (exact) mass is 443 g/mol. The standard InChI is InChI=1S/C15H27BrNO4.BrH/c1-5-17(6-2)11-15(9-12(17)10-16,13(18)20-7-3)14(19)21-8-4;/h12H,5-11H2,1-4H3;1H/q+1;/p-1. The number of ether oxygens (including phenoxy) is 2. The van der Waals surface area contributed by atoms with Crippen molar-refractivity contribution in [3.05, 3.63) is 0 Å². The van der Waals surface area contributed by atoms with Crippen LogP contribution < -0.4 is 17.0 Å². The largest absolute Gasteiger partial charge is 1.00 e. The van der Waals surface area contributed by atoms with Crippen LogP contribution in [0.4, 0.5) is 0 Å². The highest BCUT2D eigenvalue weighted by Crippen LogP contribution is 2.43. The second-order valence-electron chi connectivity index (χ2n) is 5.54. The van der Waals surface area contributed by atoms with Crippen molar-refractivity contribution in [3.63, 3.8) is 0 Å². The van der Waals surface area contributed by atoms with E-state index in [-0.39, 0.29) is 36.2 Å². The molecule has 130 valence electrons. The van der Waals surface area contributed by atoms with Gasteiger partial charge in [-0.05, 0) is 27.7 Å². The molecule has 0 spiro atoms. The Kier molecular flexibility index (Phi) is 9.17. The molecule has 5 nitrogen and oxygen atoms in total. The summed E-state index contributed by atoms with van der Waals surface area (Å²) >= 11 is 3.54. The Balaban J connectivity index is 0.00000441. The molecule has 1 fully saturated rings. The molecule has 0 aliphatic carbocycles. The molecule has 1 unspecified atom stereocenters. The quantitative estimate of drug-likeness (QED) is 0.221. The van der Waals surface area contributed by atoms with Crippen LogP contribution in [0.25, 0.3) is 0 Å². The van der Waals surface area contributed by atoms with Gasteiger partial charge in [-0.2, -0.15) is 0 Å². The first kappa shape index (κ1) is 21.9. The fourth-order valence-electron chi connectivity index (χ4n) is 3.41. The van der Waals surface area contributed by atoms with Crippen molar-refractivity contribution in [1.29, 1.82) is 0 Å². The number of hydrogen-bond acceptors (Lipinski definition) is 4. The van der Waals surface area contributed by atoms with Crippen LogP contribution in [0.5, 0.6) is 0 Å². The number of carbonyl (C=O) groups is 2. The van der Waals surface area contributed by atoms with Crippen LogP contribution in [0.2, 0.25) is 0 Å². The highest BCUT2D eigenvalue weighted by molar-refractivity contribution is 9.09. The minimum absolute atomic E-state index is 0. The van der Waals surface area contributed by atoms with Gasteiger partial charge in [-0.3, -0.25) is 9.59 Å². The molecular formula is C15H27Br2NO4. The summed E-state index contributed by atoms with van der Waals surface area (Å²) in [5, 5.41) is 0.759. The van der Waals surface area contributed by atoms with E-state index >= 15 is 0 Å². The van der Waals surface area contributed by atoms with Gasteiger partial charge in [-0.1, -0.05) is 15.9 Å². The maximum absolute atomic E-state index is 12.5. The van der Waals surface area contributed by atoms with Gasteiger partial charge in [-0.25, -0.2) is 0 Å². The van der Waals surface area contributed by atoms with Crippen LogP contribution in [-0.2, 0) is 19.1 Å². The number of rotatable bonds is 7. The first-order valence-corrected chi connectivity index (χ1v) is 8.84. The summed E-state index contributed by atoms with van der Waals surface area (Å²) in [5.74, 6) is -0.868.